The van der Waals surface area contributed by atoms with Crippen LogP contribution in [0.4, 0.5) is 13.2 Å². The van der Waals surface area contributed by atoms with E-state index >= 15 is 0 Å². The second kappa shape index (κ2) is 2.76. The highest BCUT2D eigenvalue weighted by Gasteiger charge is 2.55. The van der Waals surface area contributed by atoms with Crippen LogP contribution in [0.2, 0.25) is 0 Å². The molecule has 1 heterocycles. The summed E-state index contributed by atoms with van der Waals surface area (Å²) < 4.78 is 35.4. The summed E-state index contributed by atoms with van der Waals surface area (Å²) in [4.78, 5) is 1.71. The zero-order valence-electron chi connectivity index (χ0n) is 6.08. The molecule has 0 radical (unpaired) electrons. The van der Waals surface area contributed by atoms with Crippen molar-refractivity contribution in [2.75, 3.05) is 20.1 Å². The van der Waals surface area contributed by atoms with Gasteiger partial charge in [-0.15, -0.1) is 0 Å². The van der Waals surface area contributed by atoms with Gasteiger partial charge in [0.25, 0.3) is 0 Å². The van der Waals surface area contributed by atoms with Gasteiger partial charge in [0.2, 0.25) is 0 Å². The van der Waals surface area contributed by atoms with Gasteiger partial charge in [-0.1, -0.05) is 22.6 Å². The molecular formula is C6H9F3IN. The van der Waals surface area contributed by atoms with Crippen molar-refractivity contribution in [1.82, 2.24) is 4.90 Å². The average Bonchev–Trinajstić information content (AvgIpc) is 2.10. The van der Waals surface area contributed by atoms with E-state index in [1.807, 2.05) is 0 Å². The van der Waals surface area contributed by atoms with E-state index in [0.717, 1.165) is 0 Å². The van der Waals surface area contributed by atoms with Gasteiger partial charge in [0.15, 0.2) is 0 Å². The van der Waals surface area contributed by atoms with Gasteiger partial charge in [-0.3, -0.25) is 0 Å². The SMILES string of the molecule is CN1CCC(I)(C(F)(F)F)C1. The second-order valence-corrected chi connectivity index (χ2v) is 5.02. The molecule has 1 saturated heterocycles. The van der Waals surface area contributed by atoms with Crippen LogP contribution in [0.1, 0.15) is 6.42 Å². The Morgan fingerprint density at radius 2 is 2.00 bits per heavy atom. The third kappa shape index (κ3) is 1.80. The Hall–Kier alpha value is 0.480. The highest BCUT2D eigenvalue weighted by atomic mass is 127. The summed E-state index contributed by atoms with van der Waals surface area (Å²) in [5, 5.41) is 0. The summed E-state index contributed by atoms with van der Waals surface area (Å²) in [6.07, 6.45) is -3.84. The van der Waals surface area contributed by atoms with Crippen molar-refractivity contribution in [3.05, 3.63) is 0 Å². The van der Waals surface area contributed by atoms with E-state index in [4.69, 9.17) is 0 Å². The van der Waals surface area contributed by atoms with Crippen molar-refractivity contribution in [2.45, 2.75) is 16.0 Å². The van der Waals surface area contributed by atoms with E-state index in [1.165, 1.54) is 22.6 Å². The van der Waals surface area contributed by atoms with E-state index in [-0.39, 0.29) is 13.0 Å². The van der Waals surface area contributed by atoms with Gasteiger partial charge in [-0.05, 0) is 20.0 Å². The predicted octanol–water partition coefficient (Wildman–Crippen LogP) is 2.06. The Balaban J connectivity index is 2.69. The quantitative estimate of drug-likeness (QED) is 0.484. The summed E-state index contributed by atoms with van der Waals surface area (Å²) in [5.41, 5.74) is 0. The maximum absolute atomic E-state index is 12.3. The number of hydrogen-bond acceptors (Lipinski definition) is 1. The van der Waals surface area contributed by atoms with Crippen molar-refractivity contribution in [3.8, 4) is 0 Å². The van der Waals surface area contributed by atoms with Gasteiger partial charge in [0.1, 0.15) is 3.42 Å². The Labute approximate surface area is 77.1 Å². The smallest absolute Gasteiger partial charge is 0.305 e. The molecular weight excluding hydrogens is 270 g/mol. The van der Waals surface area contributed by atoms with Crippen molar-refractivity contribution >= 4 is 22.6 Å². The minimum Gasteiger partial charge on any atom is -0.305 e. The number of nitrogens with zero attached hydrogens (tertiary/aromatic N) is 1. The molecule has 66 valence electrons. The van der Waals surface area contributed by atoms with Gasteiger partial charge in [-0.2, -0.15) is 13.2 Å². The molecule has 11 heavy (non-hydrogen) atoms. The molecule has 0 spiro atoms. The van der Waals surface area contributed by atoms with Crippen LogP contribution in [0.15, 0.2) is 0 Å². The van der Waals surface area contributed by atoms with Crippen molar-refractivity contribution in [2.24, 2.45) is 0 Å². The Morgan fingerprint density at radius 3 is 2.18 bits per heavy atom. The number of hydrogen-bond donors (Lipinski definition) is 0. The van der Waals surface area contributed by atoms with E-state index in [1.54, 1.807) is 11.9 Å². The Bertz CT molecular complexity index is 158. The lowest BCUT2D eigenvalue weighted by Gasteiger charge is -2.24. The molecule has 0 N–H and O–H groups in total. The van der Waals surface area contributed by atoms with Gasteiger partial charge in [-0.25, -0.2) is 0 Å². The number of halogens is 4. The van der Waals surface area contributed by atoms with E-state index in [0.29, 0.717) is 6.54 Å². The maximum atomic E-state index is 12.3. The van der Waals surface area contributed by atoms with Crippen molar-refractivity contribution in [1.29, 1.82) is 0 Å². The molecule has 1 fully saturated rings. The third-order valence-corrected chi connectivity index (χ3v) is 3.41. The lowest BCUT2D eigenvalue weighted by atomic mass is 10.1. The standard InChI is InChI=1S/C6H9F3IN/c1-11-3-2-5(10,4-11)6(7,8)9/h2-4H2,1H3. The van der Waals surface area contributed by atoms with Gasteiger partial charge < -0.3 is 4.90 Å². The zero-order chi connectivity index (χ0) is 8.70. The second-order valence-electron chi connectivity index (χ2n) is 2.95. The molecule has 1 aliphatic heterocycles. The van der Waals surface area contributed by atoms with Gasteiger partial charge >= 0.3 is 6.18 Å². The highest BCUT2D eigenvalue weighted by molar-refractivity contribution is 14.1. The van der Waals surface area contributed by atoms with Crippen LogP contribution in [0.3, 0.4) is 0 Å². The number of likely N-dealkylation sites (tertiary alicyclic amines) is 1. The molecule has 1 rings (SSSR count). The normalized spacial score (nSPS) is 34.6. The molecule has 0 aliphatic carbocycles. The highest BCUT2D eigenvalue weighted by Crippen LogP contribution is 2.44. The summed E-state index contributed by atoms with van der Waals surface area (Å²) in [6.45, 7) is 0.666. The van der Waals surface area contributed by atoms with Crippen molar-refractivity contribution in [3.63, 3.8) is 0 Å². The first kappa shape index (κ1) is 9.57. The molecule has 0 aromatic carbocycles. The molecule has 1 nitrogen and oxygen atoms in total. The lowest BCUT2D eigenvalue weighted by molar-refractivity contribution is -0.150. The number of rotatable bonds is 0. The van der Waals surface area contributed by atoms with E-state index in [9.17, 15) is 13.2 Å². The molecule has 0 bridgehead atoms. The minimum atomic E-state index is -4.06. The lowest BCUT2D eigenvalue weighted by Crippen LogP contribution is -2.41. The summed E-state index contributed by atoms with van der Waals surface area (Å²) in [7, 11) is 1.71. The molecule has 1 unspecified atom stereocenters. The van der Waals surface area contributed by atoms with Crippen LogP contribution < -0.4 is 0 Å². The minimum absolute atomic E-state index is 0.122. The van der Waals surface area contributed by atoms with E-state index in [2.05, 4.69) is 0 Å². The first-order chi connectivity index (χ1) is 4.85. The molecule has 0 aromatic heterocycles. The van der Waals surface area contributed by atoms with Gasteiger partial charge in [0, 0.05) is 6.54 Å². The van der Waals surface area contributed by atoms with Crippen LogP contribution >= 0.6 is 22.6 Å². The topological polar surface area (TPSA) is 3.24 Å². The number of alkyl halides is 4. The monoisotopic (exact) mass is 279 g/mol. The summed E-state index contributed by atoms with van der Waals surface area (Å²) in [6, 6.07) is 0. The summed E-state index contributed by atoms with van der Waals surface area (Å²) >= 11 is 1.52. The molecule has 0 aromatic rings. The average molecular weight is 279 g/mol. The maximum Gasteiger partial charge on any atom is 0.404 e. The third-order valence-electron chi connectivity index (χ3n) is 1.92. The van der Waals surface area contributed by atoms with Crippen LogP contribution in [-0.2, 0) is 0 Å². The van der Waals surface area contributed by atoms with E-state index < -0.39 is 9.60 Å². The first-order valence-electron chi connectivity index (χ1n) is 3.29. The van der Waals surface area contributed by atoms with Crippen LogP contribution in [0.25, 0.3) is 0 Å². The molecule has 1 atom stereocenters. The fraction of sp³-hybridized carbons (Fsp3) is 1.00. The zero-order valence-corrected chi connectivity index (χ0v) is 8.24. The van der Waals surface area contributed by atoms with Crippen LogP contribution in [-0.4, -0.2) is 34.6 Å². The van der Waals surface area contributed by atoms with Crippen molar-refractivity contribution < 1.29 is 13.2 Å². The molecule has 5 heteroatoms. The molecule has 0 amide bonds. The Morgan fingerprint density at radius 1 is 1.45 bits per heavy atom. The van der Waals surface area contributed by atoms with Crippen LogP contribution in [0.5, 0.6) is 0 Å². The predicted molar refractivity (Wildman–Crippen MR) is 44.9 cm³/mol. The molecule has 0 saturated carbocycles. The molecule has 1 aliphatic rings. The first-order valence-corrected chi connectivity index (χ1v) is 4.37. The van der Waals surface area contributed by atoms with Gasteiger partial charge in [0.05, 0.1) is 0 Å². The van der Waals surface area contributed by atoms with Crippen LogP contribution in [0, 0.1) is 0 Å². The summed E-state index contributed by atoms with van der Waals surface area (Å²) in [5.74, 6) is 0. The fourth-order valence-corrected chi connectivity index (χ4v) is 2.01. The Kier molecular flexibility index (Phi) is 2.40. The fourth-order valence-electron chi connectivity index (χ4n) is 1.19. The largest absolute Gasteiger partial charge is 0.404 e.